The molecule has 2 fully saturated rings. The van der Waals surface area contributed by atoms with Gasteiger partial charge >= 0.3 is 5.97 Å². The summed E-state index contributed by atoms with van der Waals surface area (Å²) in [6.07, 6.45) is 7.35. The molecule has 1 aromatic heterocycles. The predicted molar refractivity (Wildman–Crippen MR) is 99.4 cm³/mol. The van der Waals surface area contributed by atoms with E-state index in [2.05, 4.69) is 0 Å². The van der Waals surface area contributed by atoms with Gasteiger partial charge in [0, 0.05) is 31.0 Å². The second-order valence-electron chi connectivity index (χ2n) is 7.57. The third-order valence-corrected chi connectivity index (χ3v) is 5.69. The minimum absolute atomic E-state index is 0.0138. The molecule has 3 aliphatic rings. The molecular weight excluding hydrogens is 376 g/mol. The van der Waals surface area contributed by atoms with Gasteiger partial charge < -0.3 is 15.7 Å². The van der Waals surface area contributed by atoms with E-state index in [4.69, 9.17) is 5.73 Å². The number of nitrogens with two attached hydrogens (primary N) is 1. The molecule has 4 rings (SSSR count). The van der Waals surface area contributed by atoms with Crippen LogP contribution in [0.25, 0.3) is 6.08 Å². The van der Waals surface area contributed by atoms with Crippen molar-refractivity contribution in [3.63, 3.8) is 0 Å². The summed E-state index contributed by atoms with van der Waals surface area (Å²) in [5.41, 5.74) is 6.50. The van der Waals surface area contributed by atoms with E-state index in [1.54, 1.807) is 40.1 Å². The molecule has 2 unspecified atom stereocenters. The first-order valence-electron chi connectivity index (χ1n) is 9.30. The van der Waals surface area contributed by atoms with Gasteiger partial charge in [-0.3, -0.25) is 19.3 Å². The van der Waals surface area contributed by atoms with Gasteiger partial charge in [0.25, 0.3) is 11.8 Å². The van der Waals surface area contributed by atoms with Gasteiger partial charge in [0.05, 0.1) is 6.04 Å². The molecule has 9 heteroatoms. The number of aromatic nitrogens is 1. The lowest BCUT2D eigenvalue weighted by Gasteiger charge is -2.49. The smallest absolute Gasteiger partial charge is 0.352 e. The molecule has 150 valence electrons. The maximum Gasteiger partial charge on any atom is 0.352 e. The zero-order valence-electron chi connectivity index (χ0n) is 15.8. The van der Waals surface area contributed by atoms with Gasteiger partial charge in [-0.2, -0.15) is 4.57 Å². The Morgan fingerprint density at radius 3 is 2.76 bits per heavy atom. The van der Waals surface area contributed by atoms with Crippen molar-refractivity contribution in [2.75, 3.05) is 6.54 Å². The normalized spacial score (nSPS) is 25.3. The van der Waals surface area contributed by atoms with Crippen molar-refractivity contribution in [1.29, 1.82) is 0 Å². The van der Waals surface area contributed by atoms with E-state index < -0.39 is 17.9 Å². The summed E-state index contributed by atoms with van der Waals surface area (Å²) >= 11 is 0. The molecule has 0 bridgehead atoms. The van der Waals surface area contributed by atoms with Gasteiger partial charge in [-0.1, -0.05) is 6.08 Å². The van der Waals surface area contributed by atoms with Gasteiger partial charge in [-0.25, -0.2) is 4.79 Å². The molecule has 29 heavy (non-hydrogen) atoms. The molecule has 0 spiro atoms. The first-order chi connectivity index (χ1) is 13.8. The summed E-state index contributed by atoms with van der Waals surface area (Å²) in [6, 6.07) is 2.78. The molecule has 3 atom stereocenters. The highest BCUT2D eigenvalue weighted by Crippen LogP contribution is 2.47. The first-order valence-corrected chi connectivity index (χ1v) is 9.30. The van der Waals surface area contributed by atoms with Crippen molar-refractivity contribution in [3.8, 4) is 0 Å². The average molecular weight is 397 g/mol. The van der Waals surface area contributed by atoms with Gasteiger partial charge in [-0.15, -0.1) is 0 Å². The van der Waals surface area contributed by atoms with Crippen LogP contribution in [0.1, 0.15) is 18.9 Å². The Morgan fingerprint density at radius 1 is 1.34 bits per heavy atom. The summed E-state index contributed by atoms with van der Waals surface area (Å²) in [5.74, 6) is -2.12. The number of carboxylic acids is 1. The van der Waals surface area contributed by atoms with E-state index >= 15 is 0 Å². The Balaban J connectivity index is 1.65. The van der Waals surface area contributed by atoms with Crippen LogP contribution in [-0.2, 0) is 25.7 Å². The molecule has 0 saturated carbocycles. The van der Waals surface area contributed by atoms with E-state index in [1.807, 2.05) is 6.07 Å². The zero-order valence-corrected chi connectivity index (χ0v) is 15.8. The van der Waals surface area contributed by atoms with E-state index in [0.29, 0.717) is 18.5 Å². The molecule has 0 radical (unpaired) electrons. The third kappa shape index (κ3) is 3.08. The fourth-order valence-electron chi connectivity index (χ4n) is 4.56. The monoisotopic (exact) mass is 397 g/mol. The number of carbonyl (C=O) groups is 4. The Bertz CT molecular complexity index is 998. The molecule has 4 heterocycles. The van der Waals surface area contributed by atoms with Crippen LogP contribution in [0.3, 0.4) is 0 Å². The predicted octanol–water partition coefficient (Wildman–Crippen LogP) is -0.727. The fourth-order valence-corrected chi connectivity index (χ4v) is 4.56. The van der Waals surface area contributed by atoms with E-state index in [0.717, 1.165) is 5.56 Å². The first kappa shape index (κ1) is 18.9. The van der Waals surface area contributed by atoms with Crippen LogP contribution < -0.4 is 10.3 Å². The highest BCUT2D eigenvalue weighted by molar-refractivity contribution is 6.02. The Labute approximate surface area is 166 Å². The maximum absolute atomic E-state index is 12.6. The van der Waals surface area contributed by atoms with Gasteiger partial charge in [0.15, 0.2) is 12.4 Å². The number of aliphatic carboxylic acids is 1. The van der Waals surface area contributed by atoms with E-state index in [1.165, 1.54) is 11.8 Å². The Kier molecular flexibility index (Phi) is 4.45. The van der Waals surface area contributed by atoms with Crippen LogP contribution in [0.5, 0.6) is 0 Å². The number of allylic oxidation sites excluding steroid dienone is 2. The average Bonchev–Trinajstić information content (AvgIpc) is 3.02. The molecule has 3 aliphatic heterocycles. The number of carboxylic acid groups (broad SMARTS) is 1. The number of carbonyl (C=O) groups excluding carboxylic acids is 3. The van der Waals surface area contributed by atoms with E-state index in [-0.39, 0.29) is 36.0 Å². The van der Waals surface area contributed by atoms with Crippen molar-refractivity contribution in [3.05, 3.63) is 47.4 Å². The zero-order chi connectivity index (χ0) is 20.9. The molecule has 0 aromatic carbocycles. The minimum atomic E-state index is -1.16. The van der Waals surface area contributed by atoms with Crippen molar-refractivity contribution in [1.82, 2.24) is 9.80 Å². The standard InChI is InChI=1S/C20H20N4O5/c1-11(25)23-9-14-7-13(17(20(28)29)24-16(14)18(23)19(24)27)5-4-12-3-2-6-22(8-12)10-15(21)26/h2-6,8,14,16,18H,7,9-10H2,1H3,(H2-,21,26,28,29)/p+1/b5-4+/t14?,16-,18?/m1/s1. The van der Waals surface area contributed by atoms with Crippen LogP contribution >= 0.6 is 0 Å². The lowest BCUT2D eigenvalue weighted by Crippen LogP contribution is -2.69. The van der Waals surface area contributed by atoms with Crippen molar-refractivity contribution in [2.24, 2.45) is 11.7 Å². The number of pyridine rings is 1. The Morgan fingerprint density at radius 2 is 2.10 bits per heavy atom. The molecule has 3 amide bonds. The number of likely N-dealkylation sites (tertiary alicyclic amines) is 1. The topological polar surface area (TPSA) is 125 Å². The highest BCUT2D eigenvalue weighted by Gasteiger charge is 2.63. The highest BCUT2D eigenvalue weighted by atomic mass is 16.4. The molecule has 0 aliphatic carbocycles. The van der Waals surface area contributed by atoms with Crippen LogP contribution in [0, 0.1) is 5.92 Å². The summed E-state index contributed by atoms with van der Waals surface area (Å²) < 4.78 is 1.64. The van der Waals surface area contributed by atoms with Crippen LogP contribution in [0.2, 0.25) is 0 Å². The van der Waals surface area contributed by atoms with Gasteiger partial charge in [0.1, 0.15) is 11.7 Å². The van der Waals surface area contributed by atoms with Crippen LogP contribution in [0.15, 0.2) is 41.9 Å². The molecule has 9 nitrogen and oxygen atoms in total. The minimum Gasteiger partial charge on any atom is -0.477 e. The van der Waals surface area contributed by atoms with Crippen LogP contribution in [-0.4, -0.2) is 57.2 Å². The second kappa shape index (κ2) is 6.84. The van der Waals surface area contributed by atoms with Gasteiger partial charge in [-0.05, 0) is 24.1 Å². The van der Waals surface area contributed by atoms with Crippen molar-refractivity contribution in [2.45, 2.75) is 32.0 Å². The fraction of sp³-hybridized carbons (Fsp3) is 0.350. The molecule has 1 aromatic rings. The van der Waals surface area contributed by atoms with Crippen molar-refractivity contribution < 1.29 is 28.9 Å². The number of hydrogen-bond donors (Lipinski definition) is 2. The lowest BCUT2D eigenvalue weighted by atomic mass is 9.79. The van der Waals surface area contributed by atoms with E-state index in [9.17, 15) is 24.3 Å². The molecular formula is C20H21N4O5+. The second-order valence-corrected chi connectivity index (χ2v) is 7.57. The molecule has 3 N–H and O–H groups in total. The summed E-state index contributed by atoms with van der Waals surface area (Å²) in [6.45, 7) is 1.91. The third-order valence-electron chi connectivity index (χ3n) is 5.69. The Hall–Kier alpha value is -3.49. The number of primary amides is 1. The maximum atomic E-state index is 12.6. The quantitative estimate of drug-likeness (QED) is 0.501. The largest absolute Gasteiger partial charge is 0.477 e. The summed E-state index contributed by atoms with van der Waals surface area (Å²) in [5, 5.41) is 9.74. The van der Waals surface area contributed by atoms with Crippen LogP contribution in [0.4, 0.5) is 0 Å². The number of rotatable bonds is 5. The number of nitrogens with zero attached hydrogens (tertiary/aromatic N) is 3. The number of hydrogen-bond acceptors (Lipinski definition) is 4. The summed E-state index contributed by atoms with van der Waals surface area (Å²) in [4.78, 5) is 50.4. The lowest BCUT2D eigenvalue weighted by molar-refractivity contribution is -0.684. The van der Waals surface area contributed by atoms with Crippen molar-refractivity contribution >= 4 is 29.8 Å². The summed E-state index contributed by atoms with van der Waals surface area (Å²) in [7, 11) is 0. The number of β-lactam (4-membered cyclic amide) rings is 1. The molecule has 2 saturated heterocycles. The number of amides is 3. The van der Waals surface area contributed by atoms with Gasteiger partial charge in [0.2, 0.25) is 12.5 Å². The SMILES string of the molecule is CC(=O)N1CC2CC(/C=C/c3ccc[n+](CC(N)=O)c3)=C(C(=O)O)N3C(=O)C1[C@@H]23.